The molecule has 148 valence electrons. The Hall–Kier alpha value is -2.76. The Labute approximate surface area is 166 Å². The van der Waals surface area contributed by atoms with Crippen LogP contribution in [0.4, 0.5) is 5.69 Å². The number of piperazine rings is 1. The second-order valence-electron chi connectivity index (χ2n) is 7.58. The van der Waals surface area contributed by atoms with Crippen LogP contribution in [0.3, 0.4) is 0 Å². The normalized spacial score (nSPS) is 19.0. The van der Waals surface area contributed by atoms with E-state index in [1.54, 1.807) is 7.11 Å². The van der Waals surface area contributed by atoms with Crippen LogP contribution in [0.15, 0.2) is 30.3 Å². The zero-order valence-electron chi connectivity index (χ0n) is 16.8. The van der Waals surface area contributed by atoms with Gasteiger partial charge in [-0.2, -0.15) is 0 Å². The number of ether oxygens (including phenoxy) is 2. The molecule has 0 saturated carbocycles. The lowest BCUT2D eigenvalue weighted by Gasteiger charge is -2.38. The van der Waals surface area contributed by atoms with Crippen LogP contribution in [0.1, 0.15) is 17.0 Å². The molecule has 6 heteroatoms. The highest BCUT2D eigenvalue weighted by atomic mass is 16.5. The van der Waals surface area contributed by atoms with Crippen LogP contribution in [-0.2, 0) is 11.2 Å². The summed E-state index contributed by atoms with van der Waals surface area (Å²) >= 11 is 0. The standard InChI is InChI=1S/C22H27N3O3/c1-15-11-19(12-16(2)23-15)24-7-9-25(10-8-24)22(26)18-13-17-5-4-6-20(27-3)21(17)28-14-18/h4-6,11-12,18H,7-10,13-14H2,1-3H3/t18-/m1/s1. The summed E-state index contributed by atoms with van der Waals surface area (Å²) in [5.41, 5.74) is 4.30. The van der Waals surface area contributed by atoms with Gasteiger partial charge in [-0.15, -0.1) is 0 Å². The molecule has 1 saturated heterocycles. The Morgan fingerprint density at radius 2 is 1.86 bits per heavy atom. The van der Waals surface area contributed by atoms with Gasteiger partial charge in [-0.25, -0.2) is 0 Å². The van der Waals surface area contributed by atoms with E-state index in [0.29, 0.717) is 13.0 Å². The van der Waals surface area contributed by atoms with Crippen molar-refractivity contribution in [3.8, 4) is 11.5 Å². The average molecular weight is 381 g/mol. The fourth-order valence-electron chi connectivity index (χ4n) is 4.15. The van der Waals surface area contributed by atoms with Gasteiger partial charge in [-0.05, 0) is 44.0 Å². The van der Waals surface area contributed by atoms with Gasteiger partial charge in [0.25, 0.3) is 0 Å². The lowest BCUT2D eigenvalue weighted by Crippen LogP contribution is -2.51. The number of para-hydroxylation sites is 1. The molecule has 0 radical (unpaired) electrons. The van der Waals surface area contributed by atoms with Crippen LogP contribution < -0.4 is 14.4 Å². The number of benzene rings is 1. The molecule has 1 aromatic carbocycles. The number of carbonyl (C=O) groups is 1. The Morgan fingerprint density at radius 1 is 1.14 bits per heavy atom. The maximum Gasteiger partial charge on any atom is 0.229 e. The summed E-state index contributed by atoms with van der Waals surface area (Å²) in [4.78, 5) is 21.8. The van der Waals surface area contributed by atoms with Gasteiger partial charge >= 0.3 is 0 Å². The summed E-state index contributed by atoms with van der Waals surface area (Å²) in [6, 6.07) is 10.1. The number of aromatic nitrogens is 1. The predicted molar refractivity (Wildman–Crippen MR) is 108 cm³/mol. The smallest absolute Gasteiger partial charge is 0.229 e. The number of carbonyl (C=O) groups excluding carboxylic acids is 1. The van der Waals surface area contributed by atoms with Crippen molar-refractivity contribution in [3.05, 3.63) is 47.3 Å². The molecule has 1 fully saturated rings. The number of fused-ring (bicyclic) bond motifs is 1. The molecule has 1 atom stereocenters. The van der Waals surface area contributed by atoms with E-state index < -0.39 is 0 Å². The molecule has 3 heterocycles. The Morgan fingerprint density at radius 3 is 2.54 bits per heavy atom. The third kappa shape index (κ3) is 3.63. The molecule has 0 spiro atoms. The first-order valence-corrected chi connectivity index (χ1v) is 9.83. The quantitative estimate of drug-likeness (QED) is 0.818. The van der Waals surface area contributed by atoms with E-state index in [4.69, 9.17) is 9.47 Å². The van der Waals surface area contributed by atoms with Crippen molar-refractivity contribution in [2.75, 3.05) is 44.8 Å². The lowest BCUT2D eigenvalue weighted by molar-refractivity contribution is -0.137. The number of hydrogen-bond acceptors (Lipinski definition) is 5. The van der Waals surface area contributed by atoms with Gasteiger partial charge in [-0.3, -0.25) is 9.78 Å². The molecule has 28 heavy (non-hydrogen) atoms. The summed E-state index contributed by atoms with van der Waals surface area (Å²) in [5.74, 6) is 1.58. The lowest BCUT2D eigenvalue weighted by atomic mass is 9.95. The first-order chi connectivity index (χ1) is 13.5. The summed E-state index contributed by atoms with van der Waals surface area (Å²) in [6.07, 6.45) is 0.703. The van der Waals surface area contributed by atoms with Crippen molar-refractivity contribution >= 4 is 11.6 Å². The first-order valence-electron chi connectivity index (χ1n) is 9.83. The number of pyridine rings is 1. The number of hydrogen-bond donors (Lipinski definition) is 0. The third-order valence-corrected chi connectivity index (χ3v) is 5.55. The third-order valence-electron chi connectivity index (χ3n) is 5.55. The molecule has 6 nitrogen and oxygen atoms in total. The molecule has 1 amide bonds. The van der Waals surface area contributed by atoms with Crippen molar-refractivity contribution in [3.63, 3.8) is 0 Å². The SMILES string of the molecule is COc1cccc2c1OC[C@H](C(=O)N1CCN(c3cc(C)nc(C)c3)CC1)C2. The van der Waals surface area contributed by atoms with E-state index in [1.165, 1.54) is 5.69 Å². The van der Waals surface area contributed by atoms with E-state index in [2.05, 4.69) is 22.0 Å². The van der Waals surface area contributed by atoms with Crippen molar-refractivity contribution in [2.24, 2.45) is 5.92 Å². The second-order valence-corrected chi connectivity index (χ2v) is 7.58. The maximum atomic E-state index is 13.1. The highest BCUT2D eigenvalue weighted by molar-refractivity contribution is 5.80. The summed E-state index contributed by atoms with van der Waals surface area (Å²) in [6.45, 7) is 7.61. The van der Waals surface area contributed by atoms with Gasteiger partial charge in [0.15, 0.2) is 11.5 Å². The van der Waals surface area contributed by atoms with Crippen LogP contribution >= 0.6 is 0 Å². The number of anilines is 1. The second kappa shape index (κ2) is 7.70. The fourth-order valence-corrected chi connectivity index (χ4v) is 4.15. The number of rotatable bonds is 3. The highest BCUT2D eigenvalue weighted by Gasteiger charge is 2.32. The molecule has 0 N–H and O–H groups in total. The van der Waals surface area contributed by atoms with Crippen LogP contribution in [0, 0.1) is 19.8 Å². The minimum absolute atomic E-state index is 0.128. The zero-order chi connectivity index (χ0) is 19.7. The van der Waals surface area contributed by atoms with Crippen LogP contribution in [0.25, 0.3) is 0 Å². The molecule has 2 aliphatic heterocycles. The number of nitrogens with zero attached hydrogens (tertiary/aromatic N) is 3. The van der Waals surface area contributed by atoms with E-state index in [-0.39, 0.29) is 11.8 Å². The molecular formula is C22H27N3O3. The maximum absolute atomic E-state index is 13.1. The number of amides is 1. The topological polar surface area (TPSA) is 54.9 Å². The van der Waals surface area contributed by atoms with E-state index >= 15 is 0 Å². The molecule has 0 aliphatic carbocycles. The average Bonchev–Trinajstić information content (AvgIpc) is 2.71. The molecule has 1 aromatic heterocycles. The van der Waals surface area contributed by atoms with Crippen molar-refractivity contribution in [2.45, 2.75) is 20.3 Å². The molecule has 4 rings (SSSR count). The minimum Gasteiger partial charge on any atom is -0.493 e. The van der Waals surface area contributed by atoms with Gasteiger partial charge in [-0.1, -0.05) is 12.1 Å². The molecule has 2 aliphatic rings. The molecule has 0 bridgehead atoms. The largest absolute Gasteiger partial charge is 0.493 e. The highest BCUT2D eigenvalue weighted by Crippen LogP contribution is 2.36. The fraction of sp³-hybridized carbons (Fsp3) is 0.455. The summed E-state index contributed by atoms with van der Waals surface area (Å²) < 4.78 is 11.3. The van der Waals surface area contributed by atoms with Gasteiger partial charge in [0, 0.05) is 43.3 Å². The van der Waals surface area contributed by atoms with Gasteiger partial charge < -0.3 is 19.3 Å². The van der Waals surface area contributed by atoms with Crippen molar-refractivity contribution < 1.29 is 14.3 Å². The van der Waals surface area contributed by atoms with Crippen LogP contribution in [0.2, 0.25) is 0 Å². The first kappa shape index (κ1) is 18.6. The number of methoxy groups -OCH3 is 1. The van der Waals surface area contributed by atoms with Gasteiger partial charge in [0.05, 0.1) is 13.0 Å². The molecule has 2 aromatic rings. The van der Waals surface area contributed by atoms with Crippen LogP contribution in [-0.4, -0.2) is 55.7 Å². The molecular weight excluding hydrogens is 354 g/mol. The molecule has 0 unspecified atom stereocenters. The van der Waals surface area contributed by atoms with Crippen molar-refractivity contribution in [1.82, 2.24) is 9.88 Å². The predicted octanol–water partition coefficient (Wildman–Crippen LogP) is 2.61. The van der Waals surface area contributed by atoms with E-state index in [0.717, 1.165) is 54.6 Å². The zero-order valence-corrected chi connectivity index (χ0v) is 16.8. The van der Waals surface area contributed by atoms with Gasteiger partial charge in [0.2, 0.25) is 5.91 Å². The number of aryl methyl sites for hydroxylation is 2. The van der Waals surface area contributed by atoms with E-state index in [9.17, 15) is 4.79 Å². The Balaban J connectivity index is 1.39. The van der Waals surface area contributed by atoms with Crippen molar-refractivity contribution in [1.29, 1.82) is 0 Å². The summed E-state index contributed by atoms with van der Waals surface area (Å²) in [7, 11) is 1.64. The summed E-state index contributed by atoms with van der Waals surface area (Å²) in [5, 5.41) is 0. The minimum atomic E-state index is -0.128. The monoisotopic (exact) mass is 381 g/mol. The van der Waals surface area contributed by atoms with Crippen LogP contribution in [0.5, 0.6) is 11.5 Å². The Bertz CT molecular complexity index is 855. The van der Waals surface area contributed by atoms with Gasteiger partial charge in [0.1, 0.15) is 6.61 Å². The Kier molecular flexibility index (Phi) is 5.11. The van der Waals surface area contributed by atoms with E-state index in [1.807, 2.05) is 36.9 Å².